The van der Waals surface area contributed by atoms with Crippen molar-refractivity contribution < 1.29 is 4.74 Å². The first kappa shape index (κ1) is 14.4. The minimum Gasteiger partial charge on any atom is -0.377 e. The van der Waals surface area contributed by atoms with Crippen molar-refractivity contribution in [2.45, 2.75) is 39.3 Å². The second-order valence-corrected chi connectivity index (χ2v) is 5.42. The maximum Gasteiger partial charge on any atom is 0.0594 e. The lowest BCUT2D eigenvalue weighted by molar-refractivity contribution is 0.0807. The van der Waals surface area contributed by atoms with E-state index in [1.807, 2.05) is 0 Å². The lowest BCUT2D eigenvalue weighted by Gasteiger charge is -2.21. The molecule has 1 aliphatic rings. The third-order valence-corrected chi connectivity index (χ3v) is 3.48. The van der Waals surface area contributed by atoms with Crippen molar-refractivity contribution in [2.24, 2.45) is 0 Å². The van der Waals surface area contributed by atoms with Gasteiger partial charge in [-0.15, -0.1) is 0 Å². The Morgan fingerprint density at radius 1 is 1.21 bits per heavy atom. The molecule has 0 atom stereocenters. The van der Waals surface area contributed by atoms with Crippen LogP contribution in [-0.2, 0) is 11.3 Å². The Morgan fingerprint density at radius 2 is 1.95 bits per heavy atom. The fourth-order valence-electron chi connectivity index (χ4n) is 2.52. The first-order valence-corrected chi connectivity index (χ1v) is 7.42. The van der Waals surface area contributed by atoms with Gasteiger partial charge in [0.15, 0.2) is 0 Å². The number of anilines is 1. The van der Waals surface area contributed by atoms with E-state index in [0.717, 1.165) is 19.7 Å². The normalized spacial score (nSPS) is 15.4. The standard InChI is InChI=1S/C16H26N2O/c1-14(2)19-12-9-17-13-15-7-3-4-8-16(15)18-10-5-6-11-18/h3-4,7-8,14,17H,5-6,9-13H2,1-2H3. The minimum absolute atomic E-state index is 0.318. The van der Waals surface area contributed by atoms with Crippen LogP contribution in [0.3, 0.4) is 0 Å². The number of nitrogens with one attached hydrogen (secondary N) is 1. The van der Waals surface area contributed by atoms with Crippen molar-refractivity contribution in [1.82, 2.24) is 5.32 Å². The van der Waals surface area contributed by atoms with Gasteiger partial charge in [0.05, 0.1) is 12.7 Å². The highest BCUT2D eigenvalue weighted by molar-refractivity contribution is 5.54. The summed E-state index contributed by atoms with van der Waals surface area (Å²) in [6.07, 6.45) is 2.97. The molecule has 3 nitrogen and oxygen atoms in total. The van der Waals surface area contributed by atoms with Gasteiger partial charge in [0.1, 0.15) is 0 Å². The number of rotatable bonds is 7. The van der Waals surface area contributed by atoms with E-state index in [1.54, 1.807) is 0 Å². The monoisotopic (exact) mass is 262 g/mol. The summed E-state index contributed by atoms with van der Waals surface area (Å²) in [6, 6.07) is 8.73. The molecule has 1 N–H and O–H groups in total. The molecule has 0 bridgehead atoms. The smallest absolute Gasteiger partial charge is 0.0594 e. The van der Waals surface area contributed by atoms with E-state index in [2.05, 4.69) is 48.3 Å². The molecule has 106 valence electrons. The van der Waals surface area contributed by atoms with E-state index in [9.17, 15) is 0 Å². The fraction of sp³-hybridized carbons (Fsp3) is 0.625. The van der Waals surface area contributed by atoms with Crippen molar-refractivity contribution in [3.05, 3.63) is 29.8 Å². The van der Waals surface area contributed by atoms with Crippen LogP contribution in [0.1, 0.15) is 32.3 Å². The lowest BCUT2D eigenvalue weighted by Crippen LogP contribution is -2.24. The molecule has 3 heteroatoms. The van der Waals surface area contributed by atoms with Crippen molar-refractivity contribution >= 4 is 5.69 Å². The molecule has 2 rings (SSSR count). The predicted molar refractivity (Wildman–Crippen MR) is 80.7 cm³/mol. The van der Waals surface area contributed by atoms with Gasteiger partial charge < -0.3 is 15.0 Å². The van der Waals surface area contributed by atoms with Crippen LogP contribution in [0.2, 0.25) is 0 Å². The summed E-state index contributed by atoms with van der Waals surface area (Å²) in [7, 11) is 0. The molecule has 0 saturated carbocycles. The van der Waals surface area contributed by atoms with Gasteiger partial charge in [0.25, 0.3) is 0 Å². The van der Waals surface area contributed by atoms with E-state index >= 15 is 0 Å². The molecule has 1 heterocycles. The van der Waals surface area contributed by atoms with Gasteiger partial charge in [-0.25, -0.2) is 0 Å². The largest absolute Gasteiger partial charge is 0.377 e. The van der Waals surface area contributed by atoms with Crippen molar-refractivity contribution in [1.29, 1.82) is 0 Å². The molecule has 0 radical (unpaired) electrons. The Hall–Kier alpha value is -1.06. The van der Waals surface area contributed by atoms with Crippen LogP contribution in [-0.4, -0.2) is 32.3 Å². The van der Waals surface area contributed by atoms with Crippen LogP contribution in [0.15, 0.2) is 24.3 Å². The quantitative estimate of drug-likeness (QED) is 0.765. The Morgan fingerprint density at radius 3 is 2.68 bits per heavy atom. The summed E-state index contributed by atoms with van der Waals surface area (Å²) in [5, 5.41) is 3.47. The second-order valence-electron chi connectivity index (χ2n) is 5.42. The van der Waals surface area contributed by atoms with Crippen molar-refractivity contribution in [3.63, 3.8) is 0 Å². The molecule has 0 aromatic heterocycles. The highest BCUT2D eigenvalue weighted by atomic mass is 16.5. The number of hydrogen-bond acceptors (Lipinski definition) is 3. The Kier molecular flexibility index (Phi) is 5.67. The Labute approximate surface area is 116 Å². The van der Waals surface area contributed by atoms with Crippen LogP contribution in [0, 0.1) is 0 Å². The summed E-state index contributed by atoms with van der Waals surface area (Å²) in [4.78, 5) is 2.50. The van der Waals surface area contributed by atoms with Crippen LogP contribution in [0.25, 0.3) is 0 Å². The van der Waals surface area contributed by atoms with E-state index in [-0.39, 0.29) is 0 Å². The molecule has 1 fully saturated rings. The van der Waals surface area contributed by atoms with Gasteiger partial charge in [-0.3, -0.25) is 0 Å². The number of benzene rings is 1. The summed E-state index contributed by atoms with van der Waals surface area (Å²) in [6.45, 7) is 9.16. The molecule has 0 spiro atoms. The summed E-state index contributed by atoms with van der Waals surface area (Å²) >= 11 is 0. The molecule has 1 aromatic rings. The van der Waals surface area contributed by atoms with Gasteiger partial charge in [-0.05, 0) is 38.3 Å². The molecular formula is C16H26N2O. The molecule has 19 heavy (non-hydrogen) atoms. The molecule has 1 saturated heterocycles. The van der Waals surface area contributed by atoms with Gasteiger partial charge in [0.2, 0.25) is 0 Å². The van der Waals surface area contributed by atoms with Crippen LogP contribution < -0.4 is 10.2 Å². The molecule has 1 aliphatic heterocycles. The summed E-state index contributed by atoms with van der Waals surface area (Å²) < 4.78 is 5.54. The van der Waals surface area contributed by atoms with E-state index in [4.69, 9.17) is 4.74 Å². The zero-order chi connectivity index (χ0) is 13.5. The summed E-state index contributed by atoms with van der Waals surface area (Å²) in [5.74, 6) is 0. The molecule has 1 aromatic carbocycles. The SMILES string of the molecule is CC(C)OCCNCc1ccccc1N1CCCC1. The van der Waals surface area contributed by atoms with Gasteiger partial charge in [-0.2, -0.15) is 0 Å². The number of para-hydroxylation sites is 1. The van der Waals surface area contributed by atoms with Crippen LogP contribution >= 0.6 is 0 Å². The topological polar surface area (TPSA) is 24.5 Å². The fourth-order valence-corrected chi connectivity index (χ4v) is 2.52. The number of nitrogens with zero attached hydrogens (tertiary/aromatic N) is 1. The van der Waals surface area contributed by atoms with E-state index in [1.165, 1.54) is 37.2 Å². The molecular weight excluding hydrogens is 236 g/mol. The Balaban J connectivity index is 1.82. The summed E-state index contributed by atoms with van der Waals surface area (Å²) in [5.41, 5.74) is 2.80. The lowest BCUT2D eigenvalue weighted by atomic mass is 10.1. The Bertz CT molecular complexity index is 373. The zero-order valence-electron chi connectivity index (χ0n) is 12.2. The highest BCUT2D eigenvalue weighted by Crippen LogP contribution is 2.24. The van der Waals surface area contributed by atoms with Crippen LogP contribution in [0.5, 0.6) is 0 Å². The predicted octanol–water partition coefficient (Wildman–Crippen LogP) is 2.80. The third-order valence-electron chi connectivity index (χ3n) is 3.48. The minimum atomic E-state index is 0.318. The van der Waals surface area contributed by atoms with Gasteiger partial charge in [0, 0.05) is 31.9 Å². The van der Waals surface area contributed by atoms with Gasteiger partial charge in [-0.1, -0.05) is 18.2 Å². The van der Waals surface area contributed by atoms with Crippen molar-refractivity contribution in [2.75, 3.05) is 31.1 Å². The number of ether oxygens (including phenoxy) is 1. The molecule has 0 amide bonds. The average molecular weight is 262 g/mol. The molecule has 0 unspecified atom stereocenters. The maximum atomic E-state index is 5.54. The maximum absolute atomic E-state index is 5.54. The van der Waals surface area contributed by atoms with Crippen molar-refractivity contribution in [3.8, 4) is 0 Å². The van der Waals surface area contributed by atoms with E-state index < -0.39 is 0 Å². The zero-order valence-corrected chi connectivity index (χ0v) is 12.2. The first-order chi connectivity index (χ1) is 9.27. The average Bonchev–Trinajstić information content (AvgIpc) is 2.92. The van der Waals surface area contributed by atoms with Gasteiger partial charge >= 0.3 is 0 Å². The van der Waals surface area contributed by atoms with Crippen LogP contribution in [0.4, 0.5) is 5.69 Å². The third kappa shape index (κ3) is 4.51. The highest BCUT2D eigenvalue weighted by Gasteiger charge is 2.14. The van der Waals surface area contributed by atoms with E-state index in [0.29, 0.717) is 6.10 Å². The molecule has 0 aliphatic carbocycles. The second kappa shape index (κ2) is 7.51. The first-order valence-electron chi connectivity index (χ1n) is 7.42. The number of hydrogen-bond donors (Lipinski definition) is 1.